The number of carbonyl (C=O) groups excluding carboxylic acids is 2. The van der Waals surface area contributed by atoms with Crippen LogP contribution in [0.2, 0.25) is 0 Å². The van der Waals surface area contributed by atoms with Crippen LogP contribution >= 0.6 is 22.7 Å². The standard InChI is InChI=1S/C16H20O4S2/c1-15(2,3)19-12(17)10-7-9-8-11(22-14(9)21-10)13(18)20-16(4,5)6/h7-8H,1-6H3. The van der Waals surface area contributed by atoms with E-state index < -0.39 is 11.2 Å². The van der Waals surface area contributed by atoms with Crippen LogP contribution in [-0.2, 0) is 9.47 Å². The highest BCUT2D eigenvalue weighted by Crippen LogP contribution is 2.35. The third kappa shape index (κ3) is 4.30. The van der Waals surface area contributed by atoms with Crippen LogP contribution in [0.15, 0.2) is 12.1 Å². The molecular formula is C16H20O4S2. The molecule has 6 heteroatoms. The summed E-state index contributed by atoms with van der Waals surface area (Å²) in [5, 5.41) is 0.872. The predicted molar refractivity (Wildman–Crippen MR) is 90.0 cm³/mol. The average molecular weight is 340 g/mol. The predicted octanol–water partition coefficient (Wildman–Crippen LogP) is 4.87. The highest BCUT2D eigenvalue weighted by atomic mass is 32.2. The van der Waals surface area contributed by atoms with Crippen molar-refractivity contribution in [1.29, 1.82) is 0 Å². The zero-order valence-electron chi connectivity index (χ0n) is 13.6. The van der Waals surface area contributed by atoms with Crippen LogP contribution in [-0.4, -0.2) is 23.1 Å². The minimum Gasteiger partial charge on any atom is -0.456 e. The molecule has 22 heavy (non-hydrogen) atoms. The first-order valence-electron chi connectivity index (χ1n) is 6.95. The lowest BCUT2D eigenvalue weighted by Crippen LogP contribution is -2.23. The van der Waals surface area contributed by atoms with Crippen molar-refractivity contribution >= 4 is 44.0 Å². The van der Waals surface area contributed by atoms with E-state index in [0.29, 0.717) is 9.75 Å². The van der Waals surface area contributed by atoms with Gasteiger partial charge in [-0.25, -0.2) is 9.59 Å². The Morgan fingerprint density at radius 2 is 1.18 bits per heavy atom. The van der Waals surface area contributed by atoms with Gasteiger partial charge in [-0.15, -0.1) is 22.7 Å². The number of hydrogen-bond donors (Lipinski definition) is 0. The minimum absolute atomic E-state index is 0.334. The van der Waals surface area contributed by atoms with Crippen molar-refractivity contribution in [3.8, 4) is 0 Å². The third-order valence-corrected chi connectivity index (χ3v) is 4.77. The molecule has 0 aromatic carbocycles. The second-order valence-electron chi connectivity index (χ2n) is 6.97. The molecule has 0 spiro atoms. The Hall–Kier alpha value is -1.40. The van der Waals surface area contributed by atoms with Gasteiger partial charge in [0.25, 0.3) is 0 Å². The summed E-state index contributed by atoms with van der Waals surface area (Å²) in [5.74, 6) is -0.667. The normalized spacial score (nSPS) is 12.5. The van der Waals surface area contributed by atoms with E-state index in [0.717, 1.165) is 9.40 Å². The van der Waals surface area contributed by atoms with E-state index in [1.165, 1.54) is 22.7 Å². The minimum atomic E-state index is -0.518. The maximum Gasteiger partial charge on any atom is 0.348 e. The van der Waals surface area contributed by atoms with Gasteiger partial charge in [0, 0.05) is 5.39 Å². The van der Waals surface area contributed by atoms with E-state index in [9.17, 15) is 9.59 Å². The largest absolute Gasteiger partial charge is 0.456 e. The topological polar surface area (TPSA) is 52.6 Å². The van der Waals surface area contributed by atoms with Crippen molar-refractivity contribution in [2.24, 2.45) is 0 Å². The van der Waals surface area contributed by atoms with Gasteiger partial charge in [0.1, 0.15) is 21.0 Å². The van der Waals surface area contributed by atoms with Crippen molar-refractivity contribution < 1.29 is 19.1 Å². The SMILES string of the molecule is CC(C)(C)OC(=O)c1cc2cc(C(=O)OC(C)(C)C)sc2s1. The van der Waals surface area contributed by atoms with E-state index in [1.54, 1.807) is 12.1 Å². The molecule has 0 fully saturated rings. The van der Waals surface area contributed by atoms with Crippen molar-refractivity contribution in [1.82, 2.24) is 0 Å². The highest BCUT2D eigenvalue weighted by Gasteiger charge is 2.23. The number of rotatable bonds is 2. The summed E-state index contributed by atoms with van der Waals surface area (Å²) in [6.07, 6.45) is 0. The zero-order valence-corrected chi connectivity index (χ0v) is 15.2. The Kier molecular flexibility index (Phi) is 4.37. The molecule has 0 radical (unpaired) electrons. The maximum atomic E-state index is 12.0. The lowest BCUT2D eigenvalue weighted by atomic mass is 10.2. The van der Waals surface area contributed by atoms with E-state index in [2.05, 4.69) is 0 Å². The van der Waals surface area contributed by atoms with E-state index in [4.69, 9.17) is 9.47 Å². The van der Waals surface area contributed by atoms with Crippen LogP contribution in [0, 0.1) is 0 Å². The second kappa shape index (κ2) is 5.66. The first kappa shape index (κ1) is 17.0. The van der Waals surface area contributed by atoms with Gasteiger partial charge >= 0.3 is 11.9 Å². The van der Waals surface area contributed by atoms with Crippen LogP contribution in [0.5, 0.6) is 0 Å². The molecule has 120 valence electrons. The summed E-state index contributed by atoms with van der Waals surface area (Å²) < 4.78 is 11.6. The van der Waals surface area contributed by atoms with E-state index in [1.807, 2.05) is 41.5 Å². The van der Waals surface area contributed by atoms with Crippen molar-refractivity contribution in [2.75, 3.05) is 0 Å². The van der Waals surface area contributed by atoms with Gasteiger partial charge in [-0.05, 0) is 53.7 Å². The molecule has 2 aromatic rings. The summed E-state index contributed by atoms with van der Waals surface area (Å²) in [7, 11) is 0. The number of fused-ring (bicyclic) bond motifs is 1. The summed E-state index contributed by atoms with van der Waals surface area (Å²) >= 11 is 2.68. The fraction of sp³-hybridized carbons (Fsp3) is 0.500. The number of esters is 2. The lowest BCUT2D eigenvalue weighted by Gasteiger charge is -2.18. The van der Waals surface area contributed by atoms with Crippen LogP contribution in [0.25, 0.3) is 9.40 Å². The monoisotopic (exact) mass is 340 g/mol. The molecule has 0 atom stereocenters. The Labute approximate surface area is 138 Å². The molecule has 0 unspecified atom stereocenters. The van der Waals surface area contributed by atoms with Crippen molar-refractivity contribution in [2.45, 2.75) is 52.7 Å². The van der Waals surface area contributed by atoms with Gasteiger partial charge in [-0.2, -0.15) is 0 Å². The summed E-state index contributed by atoms with van der Waals surface area (Å²) in [6, 6.07) is 3.52. The first-order valence-corrected chi connectivity index (χ1v) is 8.58. The van der Waals surface area contributed by atoms with E-state index >= 15 is 0 Å². The van der Waals surface area contributed by atoms with Crippen LogP contribution in [0.3, 0.4) is 0 Å². The van der Waals surface area contributed by atoms with Crippen molar-refractivity contribution in [3.05, 3.63) is 21.9 Å². The first-order chi connectivity index (χ1) is 9.94. The second-order valence-corrected chi connectivity index (χ2v) is 9.33. The molecule has 0 saturated heterocycles. The summed E-state index contributed by atoms with van der Waals surface area (Å²) in [4.78, 5) is 25.2. The quantitative estimate of drug-likeness (QED) is 0.732. The Balaban J connectivity index is 2.20. The molecule has 0 saturated carbocycles. The fourth-order valence-corrected chi connectivity index (χ4v) is 3.90. The smallest absolute Gasteiger partial charge is 0.348 e. The van der Waals surface area contributed by atoms with Crippen molar-refractivity contribution in [3.63, 3.8) is 0 Å². The van der Waals surface area contributed by atoms with Gasteiger partial charge in [-0.3, -0.25) is 0 Å². The molecule has 0 N–H and O–H groups in total. The summed E-state index contributed by atoms with van der Waals surface area (Å²) in [6.45, 7) is 11.0. The van der Waals surface area contributed by atoms with Gasteiger partial charge in [0.15, 0.2) is 0 Å². The Morgan fingerprint density at radius 3 is 1.45 bits per heavy atom. The van der Waals surface area contributed by atoms with Gasteiger partial charge < -0.3 is 9.47 Å². The van der Waals surface area contributed by atoms with Gasteiger partial charge in [-0.1, -0.05) is 0 Å². The Bertz CT molecular complexity index is 622. The lowest BCUT2D eigenvalue weighted by molar-refractivity contribution is 0.00632. The number of hydrogen-bond acceptors (Lipinski definition) is 6. The molecule has 0 aliphatic carbocycles. The molecule has 0 aliphatic heterocycles. The third-order valence-electron chi connectivity index (χ3n) is 2.41. The number of carbonyl (C=O) groups is 2. The number of thiophene rings is 2. The molecule has 2 heterocycles. The van der Waals surface area contributed by atoms with Crippen LogP contribution in [0.4, 0.5) is 0 Å². The molecule has 2 aromatic heterocycles. The van der Waals surface area contributed by atoms with E-state index in [-0.39, 0.29) is 11.9 Å². The molecule has 0 amide bonds. The molecule has 2 rings (SSSR count). The average Bonchev–Trinajstić information content (AvgIpc) is 2.80. The fourth-order valence-electron chi connectivity index (χ4n) is 1.70. The summed E-state index contributed by atoms with van der Waals surface area (Å²) in [5.41, 5.74) is -1.04. The highest BCUT2D eigenvalue weighted by molar-refractivity contribution is 7.39. The molecule has 0 bridgehead atoms. The zero-order chi connectivity index (χ0) is 16.7. The molecule has 0 aliphatic rings. The van der Waals surface area contributed by atoms with Gasteiger partial charge in [0.2, 0.25) is 0 Å². The van der Waals surface area contributed by atoms with Gasteiger partial charge in [0.05, 0.1) is 4.01 Å². The van der Waals surface area contributed by atoms with Crippen LogP contribution < -0.4 is 0 Å². The molecular weight excluding hydrogens is 320 g/mol. The Morgan fingerprint density at radius 1 is 0.818 bits per heavy atom. The molecule has 4 nitrogen and oxygen atoms in total. The maximum absolute atomic E-state index is 12.0. The number of ether oxygens (including phenoxy) is 2. The van der Waals surface area contributed by atoms with Crippen LogP contribution in [0.1, 0.15) is 60.9 Å².